The van der Waals surface area contributed by atoms with Crippen molar-refractivity contribution in [1.82, 2.24) is 29.9 Å². The van der Waals surface area contributed by atoms with E-state index in [9.17, 15) is 0 Å². The highest BCUT2D eigenvalue weighted by molar-refractivity contribution is 5.99. The van der Waals surface area contributed by atoms with Crippen LogP contribution in [0.25, 0.3) is 101 Å². The molecule has 0 saturated heterocycles. The first-order valence-electron chi connectivity index (χ1n) is 19.2. The molecule has 10 aromatic rings. The number of pyridine rings is 1. The minimum atomic E-state index is 0.596. The summed E-state index contributed by atoms with van der Waals surface area (Å²) in [4.78, 5) is 30.1. The Hall–Kier alpha value is -7.96. The second kappa shape index (κ2) is 15.3. The molecule has 0 unspecified atom stereocenters. The van der Waals surface area contributed by atoms with Crippen molar-refractivity contribution >= 4 is 10.9 Å². The molecule has 6 heteroatoms. The van der Waals surface area contributed by atoms with Crippen LogP contribution in [0.1, 0.15) is 0 Å². The topological polar surface area (TPSA) is 77.3 Å². The van der Waals surface area contributed by atoms with Crippen molar-refractivity contribution in [3.8, 4) is 90.3 Å². The maximum atomic E-state index is 5.22. The molecule has 3 heterocycles. The molecule has 0 aliphatic heterocycles. The quantitative estimate of drug-likeness (QED) is 0.154. The van der Waals surface area contributed by atoms with E-state index in [1.807, 2.05) is 109 Å². The fourth-order valence-corrected chi connectivity index (χ4v) is 7.35. The van der Waals surface area contributed by atoms with Crippen LogP contribution in [0.15, 0.2) is 206 Å². The van der Waals surface area contributed by atoms with Crippen LogP contribution in [0.4, 0.5) is 0 Å². The summed E-state index contributed by atoms with van der Waals surface area (Å²) in [5.41, 5.74) is 12.4. The summed E-state index contributed by atoms with van der Waals surface area (Å²) in [5, 5.41) is 1.04. The Bertz CT molecular complexity index is 2930. The van der Waals surface area contributed by atoms with Crippen molar-refractivity contribution in [2.24, 2.45) is 0 Å². The monoisotopic (exact) mass is 742 g/mol. The first kappa shape index (κ1) is 34.5. The molecule has 0 bridgehead atoms. The number of rotatable bonds is 8. The average Bonchev–Trinajstić information content (AvgIpc) is 3.32. The van der Waals surface area contributed by atoms with Gasteiger partial charge in [-0.3, -0.25) is 4.98 Å². The molecule has 7 aromatic carbocycles. The summed E-state index contributed by atoms with van der Waals surface area (Å²) in [6.07, 6.45) is 1.84. The normalized spacial score (nSPS) is 11.1. The summed E-state index contributed by atoms with van der Waals surface area (Å²) in [5.74, 6) is 2.51. The van der Waals surface area contributed by atoms with Crippen molar-refractivity contribution in [3.05, 3.63) is 206 Å². The lowest BCUT2D eigenvalue weighted by Gasteiger charge is -2.17. The van der Waals surface area contributed by atoms with Gasteiger partial charge in [0.2, 0.25) is 0 Å². The Labute approximate surface area is 336 Å². The molecule has 6 nitrogen and oxygen atoms in total. The van der Waals surface area contributed by atoms with E-state index in [1.165, 1.54) is 0 Å². The van der Waals surface area contributed by atoms with Gasteiger partial charge in [-0.25, -0.2) is 24.9 Å². The number of nitrogens with zero attached hydrogens (tertiary/aromatic N) is 6. The molecule has 58 heavy (non-hydrogen) atoms. The van der Waals surface area contributed by atoms with E-state index in [0.29, 0.717) is 23.3 Å². The molecule has 0 aliphatic rings. The Morgan fingerprint density at radius 1 is 0.259 bits per heavy atom. The van der Waals surface area contributed by atoms with Gasteiger partial charge in [0, 0.05) is 45.0 Å². The van der Waals surface area contributed by atoms with Gasteiger partial charge in [0.05, 0.1) is 16.9 Å². The zero-order valence-corrected chi connectivity index (χ0v) is 31.3. The molecule has 0 radical (unpaired) electrons. The average molecular weight is 743 g/mol. The number of fused-ring (bicyclic) bond motifs is 1. The van der Waals surface area contributed by atoms with Crippen LogP contribution in [0.3, 0.4) is 0 Å². The predicted molar refractivity (Wildman–Crippen MR) is 234 cm³/mol. The van der Waals surface area contributed by atoms with Gasteiger partial charge in [-0.15, -0.1) is 0 Å². The predicted octanol–water partition coefficient (Wildman–Crippen LogP) is 12.5. The summed E-state index contributed by atoms with van der Waals surface area (Å²) < 4.78 is 0. The van der Waals surface area contributed by atoms with Crippen molar-refractivity contribution in [2.45, 2.75) is 0 Å². The van der Waals surface area contributed by atoms with Gasteiger partial charge < -0.3 is 0 Å². The lowest BCUT2D eigenvalue weighted by Crippen LogP contribution is -2.00. The Morgan fingerprint density at radius 3 is 1.36 bits per heavy atom. The number of aromatic nitrogens is 6. The second-order valence-electron chi connectivity index (χ2n) is 14.0. The highest BCUT2D eigenvalue weighted by atomic mass is 15.0. The third-order valence-corrected chi connectivity index (χ3v) is 10.2. The van der Waals surface area contributed by atoms with E-state index in [4.69, 9.17) is 29.9 Å². The first-order valence-corrected chi connectivity index (χ1v) is 19.2. The van der Waals surface area contributed by atoms with E-state index in [2.05, 4.69) is 97.1 Å². The van der Waals surface area contributed by atoms with E-state index in [0.717, 1.165) is 77.9 Å². The molecule has 272 valence electrons. The minimum Gasteiger partial charge on any atom is -0.256 e. The minimum absolute atomic E-state index is 0.596. The lowest BCUT2D eigenvalue weighted by atomic mass is 9.88. The van der Waals surface area contributed by atoms with Gasteiger partial charge in [0.25, 0.3) is 0 Å². The SMILES string of the molecule is c1ccc(-c2cc(-c3ccccc3-c3cc4cccnc4cc3-c3cccc(-c4nc(-c5ccccc5)nc(-c5ccccc5)n4)c3)nc(-c3ccccc3)n2)cc1. The smallest absolute Gasteiger partial charge is 0.164 e. The van der Waals surface area contributed by atoms with Crippen LogP contribution < -0.4 is 0 Å². The first-order chi connectivity index (χ1) is 28.7. The van der Waals surface area contributed by atoms with Gasteiger partial charge in [0.15, 0.2) is 23.3 Å². The van der Waals surface area contributed by atoms with Crippen LogP contribution in [0.2, 0.25) is 0 Å². The van der Waals surface area contributed by atoms with Crippen LogP contribution >= 0.6 is 0 Å². The van der Waals surface area contributed by atoms with Gasteiger partial charge >= 0.3 is 0 Å². The molecular weight excluding hydrogens is 709 g/mol. The Kier molecular flexibility index (Phi) is 9.10. The molecule has 10 rings (SSSR count). The summed E-state index contributed by atoms with van der Waals surface area (Å²) in [6.45, 7) is 0. The highest BCUT2D eigenvalue weighted by Gasteiger charge is 2.19. The number of hydrogen-bond acceptors (Lipinski definition) is 6. The summed E-state index contributed by atoms with van der Waals surface area (Å²) >= 11 is 0. The highest BCUT2D eigenvalue weighted by Crippen LogP contribution is 2.41. The zero-order chi connectivity index (χ0) is 38.7. The van der Waals surface area contributed by atoms with Crippen molar-refractivity contribution in [1.29, 1.82) is 0 Å². The summed E-state index contributed by atoms with van der Waals surface area (Å²) in [7, 11) is 0. The van der Waals surface area contributed by atoms with Crippen molar-refractivity contribution < 1.29 is 0 Å². The van der Waals surface area contributed by atoms with E-state index >= 15 is 0 Å². The zero-order valence-electron chi connectivity index (χ0n) is 31.3. The molecular formula is C52H34N6. The van der Waals surface area contributed by atoms with Crippen LogP contribution in [-0.4, -0.2) is 29.9 Å². The second-order valence-corrected chi connectivity index (χ2v) is 14.0. The largest absolute Gasteiger partial charge is 0.256 e. The molecule has 0 N–H and O–H groups in total. The van der Waals surface area contributed by atoms with E-state index in [1.54, 1.807) is 0 Å². The van der Waals surface area contributed by atoms with Gasteiger partial charge in [-0.2, -0.15) is 0 Å². The van der Waals surface area contributed by atoms with E-state index < -0.39 is 0 Å². The fraction of sp³-hybridized carbons (Fsp3) is 0. The maximum absolute atomic E-state index is 5.22. The van der Waals surface area contributed by atoms with E-state index in [-0.39, 0.29) is 0 Å². The molecule has 0 aliphatic carbocycles. The molecule has 0 saturated carbocycles. The fourth-order valence-electron chi connectivity index (χ4n) is 7.35. The Balaban J connectivity index is 1.16. The number of benzene rings is 7. The van der Waals surface area contributed by atoms with Gasteiger partial charge in [0.1, 0.15) is 0 Å². The third kappa shape index (κ3) is 6.91. The van der Waals surface area contributed by atoms with Crippen LogP contribution in [0.5, 0.6) is 0 Å². The maximum Gasteiger partial charge on any atom is 0.164 e. The van der Waals surface area contributed by atoms with Gasteiger partial charge in [-0.05, 0) is 52.6 Å². The molecule has 3 aromatic heterocycles. The number of hydrogen-bond donors (Lipinski definition) is 0. The standard InChI is InChI=1S/C52H34N6/c1-5-17-35(18-6-1)47-34-48(55-49(54-47)36-19-7-2-8-20-36)43-29-14-13-28-42(43)45-32-40-27-16-30-53-46(40)33-44(45)39-25-15-26-41(31-39)52-57-50(37-21-9-3-10-22-37)56-51(58-52)38-23-11-4-12-24-38/h1-34H. The lowest BCUT2D eigenvalue weighted by molar-refractivity contribution is 1.07. The molecule has 0 fully saturated rings. The van der Waals surface area contributed by atoms with Crippen molar-refractivity contribution in [3.63, 3.8) is 0 Å². The molecule has 0 spiro atoms. The Morgan fingerprint density at radius 2 is 0.741 bits per heavy atom. The molecule has 0 amide bonds. The van der Waals surface area contributed by atoms with Crippen LogP contribution in [0, 0.1) is 0 Å². The van der Waals surface area contributed by atoms with Crippen LogP contribution in [-0.2, 0) is 0 Å². The molecule has 0 atom stereocenters. The summed E-state index contributed by atoms with van der Waals surface area (Å²) in [6, 6.07) is 68.1. The van der Waals surface area contributed by atoms with Gasteiger partial charge in [-0.1, -0.05) is 170 Å². The third-order valence-electron chi connectivity index (χ3n) is 10.2. The van der Waals surface area contributed by atoms with Crippen molar-refractivity contribution in [2.75, 3.05) is 0 Å².